The van der Waals surface area contributed by atoms with Crippen molar-refractivity contribution in [3.05, 3.63) is 23.9 Å². The van der Waals surface area contributed by atoms with Crippen LogP contribution in [0.4, 0.5) is 19.1 Å². The molecule has 0 unspecified atom stereocenters. The molecule has 74 valence electrons. The number of hydrogen-bond acceptors (Lipinski definition) is 3. The second kappa shape index (κ2) is 2.60. The number of alkyl halides is 3. The fourth-order valence-corrected chi connectivity index (χ4v) is 1.16. The Balaban J connectivity index is 2.79. The number of hydrogen-bond donors (Lipinski definition) is 1. The summed E-state index contributed by atoms with van der Waals surface area (Å²) in [4.78, 5) is 0. The third kappa shape index (κ3) is 1.17. The average molecular weight is 202 g/mol. The lowest BCUT2D eigenvalue weighted by Crippen LogP contribution is -2.07. The SMILES string of the molecule is Nc1nnc2c(C(F)(F)F)cccn12. The molecule has 0 fully saturated rings. The van der Waals surface area contributed by atoms with Crippen LogP contribution >= 0.6 is 0 Å². The minimum atomic E-state index is -4.44. The van der Waals surface area contributed by atoms with Gasteiger partial charge >= 0.3 is 6.18 Å². The zero-order valence-corrected chi connectivity index (χ0v) is 6.78. The topological polar surface area (TPSA) is 56.2 Å². The highest BCUT2D eigenvalue weighted by Crippen LogP contribution is 2.31. The number of halogens is 3. The van der Waals surface area contributed by atoms with E-state index in [0.29, 0.717) is 0 Å². The van der Waals surface area contributed by atoms with E-state index in [0.717, 1.165) is 10.5 Å². The minimum absolute atomic E-state index is 0.0638. The predicted octanol–water partition coefficient (Wildman–Crippen LogP) is 1.33. The van der Waals surface area contributed by atoms with Gasteiger partial charge in [-0.05, 0) is 12.1 Å². The van der Waals surface area contributed by atoms with Gasteiger partial charge < -0.3 is 5.73 Å². The van der Waals surface area contributed by atoms with Crippen molar-refractivity contribution in [2.75, 3.05) is 5.73 Å². The Morgan fingerprint density at radius 1 is 1.29 bits per heavy atom. The van der Waals surface area contributed by atoms with Crippen LogP contribution in [0.15, 0.2) is 18.3 Å². The van der Waals surface area contributed by atoms with Gasteiger partial charge in [-0.25, -0.2) is 0 Å². The molecule has 4 nitrogen and oxygen atoms in total. The van der Waals surface area contributed by atoms with Crippen LogP contribution in [0, 0.1) is 0 Å². The molecule has 0 radical (unpaired) electrons. The van der Waals surface area contributed by atoms with Crippen molar-refractivity contribution >= 4 is 11.6 Å². The molecule has 2 aromatic rings. The minimum Gasteiger partial charge on any atom is -0.368 e. The quantitative estimate of drug-likeness (QED) is 0.701. The summed E-state index contributed by atoms with van der Waals surface area (Å²) < 4.78 is 38.3. The van der Waals surface area contributed by atoms with Gasteiger partial charge in [0.05, 0.1) is 0 Å². The molecule has 0 aliphatic carbocycles. The summed E-state index contributed by atoms with van der Waals surface area (Å²) in [5, 5.41) is 6.71. The third-order valence-corrected chi connectivity index (χ3v) is 1.77. The Hall–Kier alpha value is -1.79. The molecule has 2 heterocycles. The lowest BCUT2D eigenvalue weighted by molar-refractivity contribution is -0.136. The van der Waals surface area contributed by atoms with Crippen LogP contribution in [-0.4, -0.2) is 14.6 Å². The molecule has 7 heteroatoms. The summed E-state index contributed by atoms with van der Waals surface area (Å²) in [6.07, 6.45) is -3.07. The van der Waals surface area contributed by atoms with E-state index in [9.17, 15) is 13.2 Å². The Morgan fingerprint density at radius 3 is 2.64 bits per heavy atom. The van der Waals surface area contributed by atoms with Gasteiger partial charge in [0, 0.05) is 6.20 Å². The number of fused-ring (bicyclic) bond motifs is 1. The van der Waals surface area contributed by atoms with Gasteiger partial charge in [0.1, 0.15) is 5.56 Å². The first-order chi connectivity index (χ1) is 6.50. The number of aromatic nitrogens is 3. The van der Waals surface area contributed by atoms with E-state index in [4.69, 9.17) is 5.73 Å². The van der Waals surface area contributed by atoms with Crippen LogP contribution in [0.1, 0.15) is 5.56 Å². The first kappa shape index (κ1) is 8.79. The summed E-state index contributed by atoms with van der Waals surface area (Å²) in [6.45, 7) is 0. The maximum absolute atomic E-state index is 12.4. The number of nitrogen functional groups attached to an aromatic ring is 1. The third-order valence-electron chi connectivity index (χ3n) is 1.77. The van der Waals surface area contributed by atoms with Crippen molar-refractivity contribution < 1.29 is 13.2 Å². The molecular weight excluding hydrogens is 197 g/mol. The van der Waals surface area contributed by atoms with Crippen LogP contribution < -0.4 is 5.73 Å². The number of nitrogens with two attached hydrogens (primary N) is 1. The van der Waals surface area contributed by atoms with E-state index < -0.39 is 11.7 Å². The van der Waals surface area contributed by atoms with E-state index in [-0.39, 0.29) is 11.6 Å². The molecule has 0 aromatic carbocycles. The molecule has 2 rings (SSSR count). The average Bonchev–Trinajstić information content (AvgIpc) is 2.46. The van der Waals surface area contributed by atoms with Crippen molar-refractivity contribution in [3.8, 4) is 0 Å². The molecule has 2 aromatic heterocycles. The zero-order valence-electron chi connectivity index (χ0n) is 6.78. The standard InChI is InChI=1S/C7H5F3N4/c8-7(9,10)4-2-1-3-14-5(4)12-13-6(14)11/h1-3H,(H2,11,13). The second-order valence-electron chi connectivity index (χ2n) is 2.67. The molecule has 0 bridgehead atoms. The Morgan fingerprint density at radius 2 is 2.00 bits per heavy atom. The zero-order chi connectivity index (χ0) is 10.3. The summed E-state index contributed by atoms with van der Waals surface area (Å²) in [7, 11) is 0. The summed E-state index contributed by atoms with van der Waals surface area (Å²) in [5.74, 6) is -0.0638. The number of nitrogens with zero attached hydrogens (tertiary/aromatic N) is 3. The predicted molar refractivity (Wildman–Crippen MR) is 42.4 cm³/mol. The molecule has 0 amide bonds. The van der Waals surface area contributed by atoms with Gasteiger partial charge in [-0.2, -0.15) is 13.2 Å². The highest BCUT2D eigenvalue weighted by Gasteiger charge is 2.34. The maximum atomic E-state index is 12.4. The lowest BCUT2D eigenvalue weighted by atomic mass is 10.2. The fourth-order valence-electron chi connectivity index (χ4n) is 1.16. The van der Waals surface area contributed by atoms with E-state index in [2.05, 4.69) is 10.2 Å². The fraction of sp³-hybridized carbons (Fsp3) is 0.143. The molecular formula is C7H5F3N4. The molecule has 0 atom stereocenters. The first-order valence-electron chi connectivity index (χ1n) is 3.66. The molecule has 0 aliphatic rings. The maximum Gasteiger partial charge on any atom is 0.420 e. The molecule has 0 saturated heterocycles. The van der Waals surface area contributed by atoms with E-state index in [1.807, 2.05) is 0 Å². The highest BCUT2D eigenvalue weighted by atomic mass is 19.4. The van der Waals surface area contributed by atoms with Crippen LogP contribution in [0.2, 0.25) is 0 Å². The summed E-state index contributed by atoms with van der Waals surface area (Å²) in [5.41, 5.74) is 4.19. The molecule has 0 saturated carbocycles. The van der Waals surface area contributed by atoms with Gasteiger partial charge in [-0.3, -0.25) is 4.40 Å². The van der Waals surface area contributed by atoms with E-state index in [1.54, 1.807) is 0 Å². The Bertz CT molecular complexity index is 473. The Labute approximate surface area is 76.2 Å². The van der Waals surface area contributed by atoms with Crippen molar-refractivity contribution in [2.24, 2.45) is 0 Å². The van der Waals surface area contributed by atoms with Crippen LogP contribution in [0.25, 0.3) is 5.65 Å². The van der Waals surface area contributed by atoms with Crippen molar-refractivity contribution in [1.82, 2.24) is 14.6 Å². The largest absolute Gasteiger partial charge is 0.420 e. The lowest BCUT2D eigenvalue weighted by Gasteiger charge is -2.06. The van der Waals surface area contributed by atoms with Crippen molar-refractivity contribution in [1.29, 1.82) is 0 Å². The van der Waals surface area contributed by atoms with Gasteiger partial charge in [0.2, 0.25) is 5.95 Å². The summed E-state index contributed by atoms with van der Waals surface area (Å²) in [6, 6.07) is 2.18. The van der Waals surface area contributed by atoms with Gasteiger partial charge in [-0.1, -0.05) is 0 Å². The normalized spacial score (nSPS) is 12.2. The van der Waals surface area contributed by atoms with Crippen LogP contribution in [-0.2, 0) is 6.18 Å². The smallest absolute Gasteiger partial charge is 0.368 e. The van der Waals surface area contributed by atoms with Crippen molar-refractivity contribution in [3.63, 3.8) is 0 Å². The molecule has 2 N–H and O–H groups in total. The summed E-state index contributed by atoms with van der Waals surface area (Å²) >= 11 is 0. The Kier molecular flexibility index (Phi) is 1.63. The number of anilines is 1. The van der Waals surface area contributed by atoms with Gasteiger partial charge in [0.25, 0.3) is 0 Å². The number of rotatable bonds is 0. The molecule has 0 spiro atoms. The molecule has 14 heavy (non-hydrogen) atoms. The molecule has 0 aliphatic heterocycles. The highest BCUT2D eigenvalue weighted by molar-refractivity contribution is 5.52. The van der Waals surface area contributed by atoms with E-state index in [1.165, 1.54) is 12.3 Å². The van der Waals surface area contributed by atoms with Crippen LogP contribution in [0.3, 0.4) is 0 Å². The van der Waals surface area contributed by atoms with Gasteiger partial charge in [0.15, 0.2) is 5.65 Å². The monoisotopic (exact) mass is 202 g/mol. The van der Waals surface area contributed by atoms with Crippen LogP contribution in [0.5, 0.6) is 0 Å². The van der Waals surface area contributed by atoms with Crippen molar-refractivity contribution in [2.45, 2.75) is 6.18 Å². The first-order valence-corrected chi connectivity index (χ1v) is 3.66. The van der Waals surface area contributed by atoms with Gasteiger partial charge in [-0.15, -0.1) is 10.2 Å². The number of pyridine rings is 1. The second-order valence-corrected chi connectivity index (χ2v) is 2.67. The van der Waals surface area contributed by atoms with E-state index >= 15 is 0 Å².